The quantitative estimate of drug-likeness (QED) is 0.894. The van der Waals surface area contributed by atoms with Crippen molar-refractivity contribution in [1.29, 1.82) is 0 Å². The zero-order valence-electron chi connectivity index (χ0n) is 10.9. The second-order valence-electron chi connectivity index (χ2n) is 4.52. The van der Waals surface area contributed by atoms with Crippen LogP contribution in [0.2, 0.25) is 0 Å². The molecule has 0 radical (unpaired) electrons. The number of anilines is 1. The van der Waals surface area contributed by atoms with Crippen LogP contribution in [0.5, 0.6) is 0 Å². The molecule has 3 rings (SSSR count). The first-order chi connectivity index (χ1) is 9.35. The highest BCUT2D eigenvalue weighted by Crippen LogP contribution is 2.28. The maximum Gasteiger partial charge on any atom is 0.315 e. The third-order valence-electron chi connectivity index (χ3n) is 3.13. The van der Waals surface area contributed by atoms with Gasteiger partial charge in [-0.25, -0.2) is 0 Å². The Hall–Kier alpha value is -1.82. The van der Waals surface area contributed by atoms with Gasteiger partial charge in [0.15, 0.2) is 0 Å². The molecule has 0 saturated carbocycles. The van der Waals surface area contributed by atoms with Crippen LogP contribution in [0.15, 0.2) is 21.0 Å². The Bertz CT molecular complexity index is 529. The van der Waals surface area contributed by atoms with Gasteiger partial charge >= 0.3 is 6.01 Å². The summed E-state index contributed by atoms with van der Waals surface area (Å²) >= 11 is 0. The predicted molar refractivity (Wildman–Crippen MR) is 67.6 cm³/mol. The summed E-state index contributed by atoms with van der Waals surface area (Å²) in [5.74, 6) is 2.38. The van der Waals surface area contributed by atoms with Gasteiger partial charge in [-0.2, -0.15) is 0 Å². The van der Waals surface area contributed by atoms with Crippen molar-refractivity contribution in [1.82, 2.24) is 10.2 Å². The fourth-order valence-corrected chi connectivity index (χ4v) is 2.08. The predicted octanol–water partition coefficient (Wildman–Crippen LogP) is 2.69. The topological polar surface area (TPSA) is 73.3 Å². The number of aryl methyl sites for hydroxylation is 1. The van der Waals surface area contributed by atoms with Crippen molar-refractivity contribution in [2.24, 2.45) is 0 Å². The van der Waals surface area contributed by atoms with E-state index in [-0.39, 0.29) is 6.10 Å². The Kier molecular flexibility index (Phi) is 3.50. The Labute approximate surface area is 111 Å². The second kappa shape index (κ2) is 5.44. The number of rotatable bonds is 5. The molecule has 1 N–H and O–H groups in total. The molecule has 19 heavy (non-hydrogen) atoms. The lowest BCUT2D eigenvalue weighted by Crippen LogP contribution is -1.98. The van der Waals surface area contributed by atoms with Gasteiger partial charge in [-0.3, -0.25) is 0 Å². The first kappa shape index (κ1) is 12.2. The molecule has 0 aliphatic carbocycles. The van der Waals surface area contributed by atoms with E-state index >= 15 is 0 Å². The van der Waals surface area contributed by atoms with E-state index < -0.39 is 0 Å². The first-order valence-corrected chi connectivity index (χ1v) is 6.61. The van der Waals surface area contributed by atoms with Gasteiger partial charge in [0.2, 0.25) is 5.89 Å². The van der Waals surface area contributed by atoms with E-state index in [1.165, 1.54) is 0 Å². The number of ether oxygens (including phenoxy) is 1. The molecule has 1 atom stereocenters. The lowest BCUT2D eigenvalue weighted by atomic mass is 10.2. The van der Waals surface area contributed by atoms with Crippen molar-refractivity contribution in [2.75, 3.05) is 11.9 Å². The minimum absolute atomic E-state index is 0.0432. The highest BCUT2D eigenvalue weighted by Gasteiger charge is 2.23. The SMILES string of the molecule is CCc1ccc(CNc2nnc([C@H]3CCCO3)o2)o1. The van der Waals surface area contributed by atoms with Crippen molar-refractivity contribution < 1.29 is 13.6 Å². The molecule has 6 heteroatoms. The number of nitrogens with zero attached hydrogens (tertiary/aromatic N) is 2. The summed E-state index contributed by atoms with van der Waals surface area (Å²) in [6.07, 6.45) is 2.84. The smallest absolute Gasteiger partial charge is 0.315 e. The minimum atomic E-state index is -0.0432. The summed E-state index contributed by atoms with van der Waals surface area (Å²) in [6.45, 7) is 3.36. The molecule has 3 heterocycles. The highest BCUT2D eigenvalue weighted by molar-refractivity contribution is 5.20. The van der Waals surface area contributed by atoms with Crippen LogP contribution in [0.25, 0.3) is 0 Å². The van der Waals surface area contributed by atoms with Gasteiger partial charge in [0.25, 0.3) is 0 Å². The molecule has 1 aliphatic rings. The fraction of sp³-hybridized carbons (Fsp3) is 0.538. The average molecular weight is 263 g/mol. The normalized spacial score (nSPS) is 18.9. The molecule has 0 aromatic carbocycles. The zero-order valence-corrected chi connectivity index (χ0v) is 10.9. The van der Waals surface area contributed by atoms with Gasteiger partial charge in [0.05, 0.1) is 6.54 Å². The van der Waals surface area contributed by atoms with E-state index in [2.05, 4.69) is 22.4 Å². The van der Waals surface area contributed by atoms with Crippen LogP contribution >= 0.6 is 0 Å². The highest BCUT2D eigenvalue weighted by atomic mass is 16.5. The molecular formula is C13H17N3O3. The van der Waals surface area contributed by atoms with Gasteiger partial charge in [-0.1, -0.05) is 12.0 Å². The van der Waals surface area contributed by atoms with Crippen molar-refractivity contribution in [3.63, 3.8) is 0 Å². The van der Waals surface area contributed by atoms with Crippen LogP contribution in [-0.4, -0.2) is 16.8 Å². The van der Waals surface area contributed by atoms with Gasteiger partial charge < -0.3 is 18.9 Å². The van der Waals surface area contributed by atoms with Gasteiger partial charge in [-0.05, 0) is 25.0 Å². The van der Waals surface area contributed by atoms with Crippen LogP contribution in [-0.2, 0) is 17.7 Å². The molecule has 1 aliphatic heterocycles. The summed E-state index contributed by atoms with van der Waals surface area (Å²) in [5.41, 5.74) is 0. The molecule has 2 aromatic heterocycles. The largest absolute Gasteiger partial charge is 0.464 e. The third-order valence-corrected chi connectivity index (χ3v) is 3.13. The van der Waals surface area contributed by atoms with Gasteiger partial charge in [-0.15, -0.1) is 5.10 Å². The molecule has 0 spiro atoms. The number of hydrogen-bond acceptors (Lipinski definition) is 6. The van der Waals surface area contributed by atoms with Gasteiger partial charge in [0.1, 0.15) is 17.6 Å². The second-order valence-corrected chi connectivity index (χ2v) is 4.52. The van der Waals surface area contributed by atoms with E-state index in [9.17, 15) is 0 Å². The Morgan fingerprint density at radius 3 is 2.89 bits per heavy atom. The van der Waals surface area contributed by atoms with Crippen molar-refractivity contribution in [2.45, 2.75) is 38.8 Å². The molecule has 102 valence electrons. The summed E-state index contributed by atoms with van der Waals surface area (Å²) in [6, 6.07) is 4.33. The van der Waals surface area contributed by atoms with Crippen LogP contribution < -0.4 is 5.32 Å². The van der Waals surface area contributed by atoms with Crippen LogP contribution in [0.3, 0.4) is 0 Å². The first-order valence-electron chi connectivity index (χ1n) is 6.61. The monoisotopic (exact) mass is 263 g/mol. The molecule has 1 saturated heterocycles. The number of nitrogens with one attached hydrogen (secondary N) is 1. The Balaban J connectivity index is 1.57. The lowest BCUT2D eigenvalue weighted by molar-refractivity contribution is 0.0897. The maximum absolute atomic E-state index is 5.58. The molecule has 2 aromatic rings. The van der Waals surface area contributed by atoms with Crippen LogP contribution in [0.1, 0.15) is 43.3 Å². The lowest BCUT2D eigenvalue weighted by Gasteiger charge is -2.02. The molecule has 0 amide bonds. The Morgan fingerprint density at radius 1 is 1.26 bits per heavy atom. The van der Waals surface area contributed by atoms with E-state index in [0.29, 0.717) is 18.5 Å². The van der Waals surface area contributed by atoms with Gasteiger partial charge in [0, 0.05) is 13.0 Å². The van der Waals surface area contributed by atoms with Crippen molar-refractivity contribution >= 4 is 6.01 Å². The van der Waals surface area contributed by atoms with Crippen LogP contribution in [0.4, 0.5) is 6.01 Å². The standard InChI is InChI=1S/C13H17N3O3/c1-2-9-5-6-10(18-9)8-14-13-16-15-12(19-13)11-4-3-7-17-11/h5-6,11H,2-4,7-8H2,1H3,(H,14,16)/t11-/m1/s1. The van der Waals surface area contributed by atoms with Crippen LogP contribution in [0, 0.1) is 0 Å². The summed E-state index contributed by atoms with van der Waals surface area (Å²) in [7, 11) is 0. The van der Waals surface area contributed by atoms with E-state index in [0.717, 1.165) is 37.4 Å². The number of aromatic nitrogens is 2. The molecule has 0 unspecified atom stereocenters. The zero-order chi connectivity index (χ0) is 13.1. The van der Waals surface area contributed by atoms with Crippen molar-refractivity contribution in [3.05, 3.63) is 29.5 Å². The molecular weight excluding hydrogens is 246 g/mol. The van der Waals surface area contributed by atoms with Crippen molar-refractivity contribution in [3.8, 4) is 0 Å². The fourth-order valence-electron chi connectivity index (χ4n) is 2.08. The maximum atomic E-state index is 5.58. The minimum Gasteiger partial charge on any atom is -0.464 e. The summed E-state index contributed by atoms with van der Waals surface area (Å²) in [4.78, 5) is 0. The number of furan rings is 1. The summed E-state index contributed by atoms with van der Waals surface area (Å²) < 4.78 is 16.6. The Morgan fingerprint density at radius 2 is 2.16 bits per heavy atom. The summed E-state index contributed by atoms with van der Waals surface area (Å²) in [5, 5.41) is 11.0. The molecule has 1 fully saturated rings. The number of hydrogen-bond donors (Lipinski definition) is 1. The third kappa shape index (κ3) is 2.78. The molecule has 0 bridgehead atoms. The van der Waals surface area contributed by atoms with E-state index in [4.69, 9.17) is 13.6 Å². The van der Waals surface area contributed by atoms with E-state index in [1.54, 1.807) is 0 Å². The molecule has 6 nitrogen and oxygen atoms in total. The van der Waals surface area contributed by atoms with E-state index in [1.807, 2.05) is 12.1 Å². The average Bonchev–Trinajstić information content (AvgIpc) is 3.16.